The van der Waals surface area contributed by atoms with Crippen LogP contribution in [-0.4, -0.2) is 51.4 Å². The Bertz CT molecular complexity index is 1050. The lowest BCUT2D eigenvalue weighted by atomic mass is 10.1. The van der Waals surface area contributed by atoms with E-state index in [2.05, 4.69) is 10.2 Å². The van der Waals surface area contributed by atoms with E-state index in [4.69, 9.17) is 14.2 Å². The number of esters is 1. The van der Waals surface area contributed by atoms with Gasteiger partial charge in [-0.1, -0.05) is 30.3 Å². The Balaban J connectivity index is 1.20. The highest BCUT2D eigenvalue weighted by molar-refractivity contribution is 5.93. The number of carbonyl (C=O) groups is 2. The lowest BCUT2D eigenvalue weighted by molar-refractivity contribution is -0.149. The third-order valence-electron chi connectivity index (χ3n) is 4.97. The third-order valence-corrected chi connectivity index (χ3v) is 4.97. The van der Waals surface area contributed by atoms with Crippen molar-refractivity contribution in [3.8, 4) is 5.75 Å². The Morgan fingerprint density at radius 1 is 0.903 bits per heavy atom. The van der Waals surface area contributed by atoms with Gasteiger partial charge in [0.05, 0.1) is 13.2 Å². The predicted molar refractivity (Wildman–Crippen MR) is 119 cm³/mol. The minimum Gasteiger partial charge on any atom is -0.482 e. The smallest absolute Gasteiger partial charge is 0.344 e. The van der Waals surface area contributed by atoms with Crippen LogP contribution >= 0.6 is 0 Å². The fraction of sp³-hybridized carbons (Fsp3) is 0.250. The Kier molecular flexibility index (Phi) is 6.64. The van der Waals surface area contributed by atoms with E-state index in [1.807, 2.05) is 60.7 Å². The molecule has 7 heteroatoms. The van der Waals surface area contributed by atoms with Crippen LogP contribution in [0.3, 0.4) is 0 Å². The van der Waals surface area contributed by atoms with E-state index < -0.39 is 11.9 Å². The number of hydrogen-bond acceptors (Lipinski definition) is 6. The summed E-state index contributed by atoms with van der Waals surface area (Å²) < 4.78 is 15.8. The van der Waals surface area contributed by atoms with Crippen molar-refractivity contribution in [2.75, 3.05) is 49.7 Å². The lowest BCUT2D eigenvalue weighted by Crippen LogP contribution is -2.36. The van der Waals surface area contributed by atoms with Crippen molar-refractivity contribution in [2.45, 2.75) is 0 Å². The Morgan fingerprint density at radius 3 is 2.42 bits per heavy atom. The van der Waals surface area contributed by atoms with Crippen LogP contribution in [0, 0.1) is 0 Å². The van der Waals surface area contributed by atoms with Crippen LogP contribution in [0.2, 0.25) is 0 Å². The lowest BCUT2D eigenvalue weighted by Gasteiger charge is -2.28. The molecule has 3 aromatic carbocycles. The predicted octanol–water partition coefficient (Wildman–Crippen LogP) is 3.24. The van der Waals surface area contributed by atoms with Crippen LogP contribution in [0.15, 0.2) is 66.7 Å². The number of hydrogen-bond donors (Lipinski definition) is 1. The number of amides is 1. The van der Waals surface area contributed by atoms with E-state index in [9.17, 15) is 9.59 Å². The first-order valence-electron chi connectivity index (χ1n) is 10.2. The zero-order chi connectivity index (χ0) is 21.5. The molecule has 1 aliphatic heterocycles. The summed E-state index contributed by atoms with van der Waals surface area (Å²) in [5, 5.41) is 4.83. The van der Waals surface area contributed by atoms with Crippen LogP contribution < -0.4 is 15.0 Å². The molecular formula is C24H24N2O5. The monoisotopic (exact) mass is 420 g/mol. The summed E-state index contributed by atoms with van der Waals surface area (Å²) in [6, 6.07) is 21.0. The van der Waals surface area contributed by atoms with Gasteiger partial charge in [-0.25, -0.2) is 4.79 Å². The quantitative estimate of drug-likeness (QED) is 0.592. The molecular weight excluding hydrogens is 396 g/mol. The fourth-order valence-corrected chi connectivity index (χ4v) is 3.36. The summed E-state index contributed by atoms with van der Waals surface area (Å²) >= 11 is 0. The summed E-state index contributed by atoms with van der Waals surface area (Å²) in [5.74, 6) is -0.440. The molecule has 1 N–H and O–H groups in total. The summed E-state index contributed by atoms with van der Waals surface area (Å²) in [4.78, 5) is 26.2. The van der Waals surface area contributed by atoms with Gasteiger partial charge in [-0.15, -0.1) is 0 Å². The van der Waals surface area contributed by atoms with Crippen LogP contribution in [0.1, 0.15) is 0 Å². The average Bonchev–Trinajstić information content (AvgIpc) is 2.82. The molecule has 1 aliphatic rings. The third kappa shape index (κ3) is 5.73. The van der Waals surface area contributed by atoms with E-state index >= 15 is 0 Å². The Labute approximate surface area is 180 Å². The fourth-order valence-electron chi connectivity index (χ4n) is 3.36. The maximum absolute atomic E-state index is 12.1. The van der Waals surface area contributed by atoms with Crippen LogP contribution in [0.4, 0.5) is 11.4 Å². The molecule has 1 heterocycles. The second kappa shape index (κ2) is 9.95. The van der Waals surface area contributed by atoms with Crippen molar-refractivity contribution in [1.82, 2.24) is 0 Å². The maximum Gasteiger partial charge on any atom is 0.344 e. The number of anilines is 2. The molecule has 31 heavy (non-hydrogen) atoms. The minimum absolute atomic E-state index is 0.264. The first kappa shape index (κ1) is 20.7. The average molecular weight is 420 g/mol. The van der Waals surface area contributed by atoms with Gasteiger partial charge in [-0.05, 0) is 47.2 Å². The highest BCUT2D eigenvalue weighted by atomic mass is 16.6. The maximum atomic E-state index is 12.1. The topological polar surface area (TPSA) is 77.1 Å². The molecule has 0 bridgehead atoms. The molecule has 0 atom stereocenters. The van der Waals surface area contributed by atoms with Gasteiger partial charge in [0.25, 0.3) is 5.91 Å². The van der Waals surface area contributed by atoms with Gasteiger partial charge in [0, 0.05) is 24.5 Å². The molecule has 1 amide bonds. The zero-order valence-electron chi connectivity index (χ0n) is 17.1. The largest absolute Gasteiger partial charge is 0.482 e. The Hall–Kier alpha value is -3.58. The molecule has 3 aromatic rings. The van der Waals surface area contributed by atoms with E-state index in [0.717, 1.165) is 29.5 Å². The van der Waals surface area contributed by atoms with Crippen LogP contribution in [0.25, 0.3) is 10.8 Å². The number of fused-ring (bicyclic) bond motifs is 1. The SMILES string of the molecule is O=C(COC(=O)COc1ccc2ccccc2c1)Nc1ccc(N2CCOCC2)cc1. The summed E-state index contributed by atoms with van der Waals surface area (Å²) in [5.41, 5.74) is 1.73. The Morgan fingerprint density at radius 2 is 1.65 bits per heavy atom. The molecule has 0 radical (unpaired) electrons. The van der Waals surface area contributed by atoms with Crippen LogP contribution in [0.5, 0.6) is 5.75 Å². The van der Waals surface area contributed by atoms with Crippen molar-refractivity contribution in [3.63, 3.8) is 0 Å². The van der Waals surface area contributed by atoms with Gasteiger partial charge in [0.2, 0.25) is 0 Å². The minimum atomic E-state index is -0.606. The summed E-state index contributed by atoms with van der Waals surface area (Å²) in [7, 11) is 0. The molecule has 0 unspecified atom stereocenters. The van der Waals surface area contributed by atoms with Crippen molar-refractivity contribution in [2.24, 2.45) is 0 Å². The number of rotatable bonds is 7. The molecule has 0 aromatic heterocycles. The van der Waals surface area contributed by atoms with Crippen molar-refractivity contribution >= 4 is 34.0 Å². The number of ether oxygens (including phenoxy) is 3. The van der Waals surface area contributed by atoms with E-state index in [-0.39, 0.29) is 13.2 Å². The first-order chi connectivity index (χ1) is 15.2. The van der Waals surface area contributed by atoms with Crippen molar-refractivity contribution < 1.29 is 23.8 Å². The van der Waals surface area contributed by atoms with Crippen molar-refractivity contribution in [3.05, 3.63) is 66.7 Å². The second-order valence-corrected chi connectivity index (χ2v) is 7.15. The molecule has 0 spiro atoms. The number of carbonyl (C=O) groups excluding carboxylic acids is 2. The molecule has 4 rings (SSSR count). The number of morpholine rings is 1. The van der Waals surface area contributed by atoms with E-state index in [1.165, 1.54) is 0 Å². The molecule has 160 valence electrons. The van der Waals surface area contributed by atoms with Gasteiger partial charge in [-0.3, -0.25) is 4.79 Å². The first-order valence-corrected chi connectivity index (χ1v) is 10.2. The highest BCUT2D eigenvalue weighted by Crippen LogP contribution is 2.21. The summed E-state index contributed by atoms with van der Waals surface area (Å²) in [6.45, 7) is 2.50. The molecule has 1 fully saturated rings. The highest BCUT2D eigenvalue weighted by Gasteiger charge is 2.12. The van der Waals surface area contributed by atoms with Gasteiger partial charge in [0.15, 0.2) is 13.2 Å². The van der Waals surface area contributed by atoms with Crippen molar-refractivity contribution in [1.29, 1.82) is 0 Å². The van der Waals surface area contributed by atoms with Gasteiger partial charge >= 0.3 is 5.97 Å². The summed E-state index contributed by atoms with van der Waals surface area (Å²) in [6.07, 6.45) is 0. The van der Waals surface area contributed by atoms with E-state index in [0.29, 0.717) is 24.7 Å². The second-order valence-electron chi connectivity index (χ2n) is 7.15. The normalized spacial score (nSPS) is 13.6. The standard InChI is InChI=1S/C24H24N2O5/c27-23(25-20-6-8-21(9-7-20)26-11-13-29-14-12-26)16-31-24(28)17-30-22-10-5-18-3-1-2-4-19(18)15-22/h1-10,15H,11-14,16-17H2,(H,25,27). The number of nitrogens with zero attached hydrogens (tertiary/aromatic N) is 1. The molecule has 1 saturated heterocycles. The van der Waals surface area contributed by atoms with E-state index in [1.54, 1.807) is 6.07 Å². The molecule has 7 nitrogen and oxygen atoms in total. The van der Waals surface area contributed by atoms with Gasteiger partial charge in [0.1, 0.15) is 5.75 Å². The van der Waals surface area contributed by atoms with Crippen LogP contribution in [-0.2, 0) is 19.1 Å². The van der Waals surface area contributed by atoms with Gasteiger partial charge in [-0.2, -0.15) is 0 Å². The molecule has 0 saturated carbocycles. The molecule has 0 aliphatic carbocycles. The number of benzene rings is 3. The zero-order valence-corrected chi connectivity index (χ0v) is 17.1. The van der Waals surface area contributed by atoms with Gasteiger partial charge < -0.3 is 24.4 Å². The number of nitrogens with one attached hydrogen (secondary N) is 1.